The summed E-state index contributed by atoms with van der Waals surface area (Å²) in [6, 6.07) is 132. The van der Waals surface area contributed by atoms with Crippen molar-refractivity contribution in [1.29, 1.82) is 0 Å². The molecule has 3 aliphatic carbocycles. The molecule has 1 heterocycles. The number of rotatable bonds is 10. The molecule has 0 unspecified atom stereocenters. The summed E-state index contributed by atoms with van der Waals surface area (Å²) in [4.78, 5) is 0. The van der Waals surface area contributed by atoms with Gasteiger partial charge in [0.1, 0.15) is 0 Å². The van der Waals surface area contributed by atoms with Gasteiger partial charge in [0.2, 0.25) is 6.79 Å². The van der Waals surface area contributed by atoms with Gasteiger partial charge in [-0.3, -0.25) is 0 Å². The van der Waals surface area contributed by atoms with Crippen molar-refractivity contribution in [1.82, 2.24) is 0 Å². The number of hydrogen-bond acceptors (Lipinski definition) is 2. The fraction of sp³-hybridized carbons (Fsp3) is 0.0323. The molecule has 1 spiro atoms. The highest BCUT2D eigenvalue weighted by molar-refractivity contribution is 6.05. The molecule has 15 aromatic rings. The van der Waals surface area contributed by atoms with Crippen LogP contribution in [0.25, 0.3) is 122 Å². The van der Waals surface area contributed by atoms with Gasteiger partial charge in [-0.2, -0.15) is 0 Å². The molecule has 0 radical (unpaired) electrons. The third-order valence-electron chi connectivity index (χ3n) is 20.7. The van der Waals surface area contributed by atoms with Crippen LogP contribution in [0.15, 0.2) is 352 Å². The zero-order valence-electron chi connectivity index (χ0n) is 52.0. The number of benzene rings is 15. The third-order valence-corrected chi connectivity index (χ3v) is 20.7. The van der Waals surface area contributed by atoms with E-state index in [4.69, 9.17) is 9.47 Å². The average molecular weight is 1210 g/mol. The molecule has 0 saturated heterocycles. The summed E-state index contributed by atoms with van der Waals surface area (Å²) in [6.45, 7) is 0.134. The van der Waals surface area contributed by atoms with Crippen molar-refractivity contribution in [2.75, 3.05) is 6.79 Å². The summed E-state index contributed by atoms with van der Waals surface area (Å²) in [5.74, 6) is 1.48. The summed E-state index contributed by atoms with van der Waals surface area (Å²) in [7, 11) is 0. The van der Waals surface area contributed by atoms with Crippen molar-refractivity contribution in [3.63, 3.8) is 0 Å². The normalized spacial score (nSPS) is 13.6. The third kappa shape index (κ3) is 8.51. The highest BCUT2D eigenvalue weighted by Gasteiger charge is 2.56. The zero-order valence-corrected chi connectivity index (χ0v) is 52.0. The molecular formula is C93H60O2. The van der Waals surface area contributed by atoms with Gasteiger partial charge in [0.05, 0.1) is 10.8 Å². The van der Waals surface area contributed by atoms with E-state index in [2.05, 4.69) is 352 Å². The van der Waals surface area contributed by atoms with Gasteiger partial charge in [-0.1, -0.05) is 279 Å². The second-order valence-corrected chi connectivity index (χ2v) is 25.7. The fourth-order valence-corrected chi connectivity index (χ4v) is 16.6. The van der Waals surface area contributed by atoms with Crippen LogP contribution in [0.4, 0.5) is 0 Å². The topological polar surface area (TPSA) is 18.5 Å². The molecule has 19 rings (SSSR count). The second kappa shape index (κ2) is 21.8. The monoisotopic (exact) mass is 1210 g/mol. The lowest BCUT2D eigenvalue weighted by atomic mass is 9.65. The smallest absolute Gasteiger partial charge is 0.231 e. The van der Waals surface area contributed by atoms with Crippen molar-refractivity contribution in [3.05, 3.63) is 396 Å². The standard InChI is InChI=1S/C93H60O2/c1-5-23-60(24-6-1)64-31-19-35-68(47-64)72-51-73(69-36-20-32-65(48-69)61-25-7-2-8-26-61)54-76(53-72)92(77-55-74(70-37-21-33-66(49-70)62-27-9-3-10-28-62)52-75(56-77)71-38-22-34-67(50-71)63-29-11-4-12-30-63)85-45-46-86-90(91(85)81-57-88-89(58-87(81)92)95-59-94-88)80-41-15-18-44-84(80)93(86)82-42-16-13-39-78(82)79-40-14-17-43-83(79)93/h1-58H,59H2. The largest absolute Gasteiger partial charge is 0.454 e. The lowest BCUT2D eigenvalue weighted by Crippen LogP contribution is -2.29. The molecule has 444 valence electrons. The van der Waals surface area contributed by atoms with E-state index in [0.717, 1.165) is 101 Å². The van der Waals surface area contributed by atoms with Gasteiger partial charge in [0, 0.05) is 0 Å². The first-order valence-electron chi connectivity index (χ1n) is 32.9. The van der Waals surface area contributed by atoms with Gasteiger partial charge in [0.25, 0.3) is 0 Å². The van der Waals surface area contributed by atoms with E-state index in [0.29, 0.717) is 0 Å². The van der Waals surface area contributed by atoms with E-state index >= 15 is 0 Å². The highest BCUT2D eigenvalue weighted by Crippen LogP contribution is 2.69. The summed E-state index contributed by atoms with van der Waals surface area (Å²) in [5.41, 5.74) is 33.8. The molecule has 15 aromatic carbocycles. The highest BCUT2D eigenvalue weighted by atomic mass is 16.7. The Kier molecular flexibility index (Phi) is 12.5. The van der Waals surface area contributed by atoms with Crippen LogP contribution >= 0.6 is 0 Å². The Morgan fingerprint density at radius 3 is 0.853 bits per heavy atom. The van der Waals surface area contributed by atoms with Crippen LogP contribution in [0.2, 0.25) is 0 Å². The Morgan fingerprint density at radius 1 is 0.179 bits per heavy atom. The molecule has 0 aromatic heterocycles. The molecule has 0 atom stereocenters. The molecule has 0 bridgehead atoms. The summed E-state index contributed by atoms with van der Waals surface area (Å²) in [5, 5.41) is 0. The summed E-state index contributed by atoms with van der Waals surface area (Å²) < 4.78 is 13.2. The first-order chi connectivity index (χ1) is 47.1. The Labute approximate surface area is 554 Å². The van der Waals surface area contributed by atoms with Crippen molar-refractivity contribution in [2.45, 2.75) is 10.8 Å². The molecule has 0 saturated carbocycles. The molecule has 0 amide bonds. The van der Waals surface area contributed by atoms with Gasteiger partial charge in [0.15, 0.2) is 11.5 Å². The van der Waals surface area contributed by atoms with Gasteiger partial charge in [-0.15, -0.1) is 0 Å². The number of fused-ring (bicyclic) bond motifs is 15. The van der Waals surface area contributed by atoms with Gasteiger partial charge in [-0.05, 0) is 240 Å². The van der Waals surface area contributed by atoms with Crippen LogP contribution in [0.1, 0.15) is 44.5 Å². The number of hydrogen-bond donors (Lipinski definition) is 0. The average Bonchev–Trinajstić information content (AvgIpc) is 1.50. The molecule has 2 nitrogen and oxygen atoms in total. The van der Waals surface area contributed by atoms with Crippen LogP contribution < -0.4 is 9.47 Å². The van der Waals surface area contributed by atoms with Gasteiger partial charge < -0.3 is 9.47 Å². The number of ether oxygens (including phenoxy) is 2. The second-order valence-electron chi connectivity index (χ2n) is 25.7. The van der Waals surface area contributed by atoms with E-state index in [1.807, 2.05) is 0 Å². The fourth-order valence-electron chi connectivity index (χ4n) is 16.6. The van der Waals surface area contributed by atoms with Crippen molar-refractivity contribution in [3.8, 4) is 134 Å². The van der Waals surface area contributed by atoms with Crippen molar-refractivity contribution >= 4 is 0 Å². The van der Waals surface area contributed by atoms with Crippen LogP contribution in [-0.2, 0) is 10.8 Å². The first kappa shape index (κ1) is 54.6. The quantitative estimate of drug-likeness (QED) is 0.136. The van der Waals surface area contributed by atoms with Crippen molar-refractivity contribution in [2.24, 2.45) is 0 Å². The maximum atomic E-state index is 6.66. The molecule has 2 heteroatoms. The Hall–Kier alpha value is -12.1. The predicted molar refractivity (Wildman–Crippen MR) is 390 cm³/mol. The maximum Gasteiger partial charge on any atom is 0.231 e. The summed E-state index contributed by atoms with van der Waals surface area (Å²) in [6.07, 6.45) is 0. The van der Waals surface area contributed by atoms with Crippen LogP contribution in [0, 0.1) is 0 Å². The lowest BCUT2D eigenvalue weighted by molar-refractivity contribution is 0.174. The molecular weight excluding hydrogens is 1150 g/mol. The van der Waals surface area contributed by atoms with Gasteiger partial charge in [-0.25, -0.2) is 0 Å². The molecule has 4 aliphatic rings. The molecule has 0 fully saturated rings. The maximum absolute atomic E-state index is 6.66. The van der Waals surface area contributed by atoms with Crippen LogP contribution in [0.5, 0.6) is 11.5 Å². The van der Waals surface area contributed by atoms with E-state index in [1.165, 1.54) is 77.9 Å². The first-order valence-corrected chi connectivity index (χ1v) is 32.9. The molecule has 0 N–H and O–H groups in total. The minimum atomic E-state index is -1.02. The Balaban J connectivity index is 0.970. The van der Waals surface area contributed by atoms with Gasteiger partial charge >= 0.3 is 0 Å². The SMILES string of the molecule is c1ccc(-c2cccc(-c3cc(-c4cccc(-c5ccccc5)c4)cc(C4(c5cc(-c6cccc(-c7ccccc7)c6)cc(-c6cccc(-c7ccccc7)c6)c5)c5cc6c(cc5-c5c4ccc4c5-c5ccccc5C45c4ccccc4-c4ccccc45)OCO6)c3)c2)cc1. The summed E-state index contributed by atoms with van der Waals surface area (Å²) >= 11 is 0. The Morgan fingerprint density at radius 2 is 0.463 bits per heavy atom. The predicted octanol–water partition coefficient (Wildman–Crippen LogP) is 23.5. The zero-order chi connectivity index (χ0) is 62.6. The van der Waals surface area contributed by atoms with E-state index in [1.54, 1.807) is 0 Å². The van der Waals surface area contributed by atoms with Crippen LogP contribution in [-0.4, -0.2) is 6.79 Å². The van der Waals surface area contributed by atoms with E-state index in [9.17, 15) is 0 Å². The van der Waals surface area contributed by atoms with Crippen molar-refractivity contribution < 1.29 is 9.47 Å². The van der Waals surface area contributed by atoms with E-state index in [-0.39, 0.29) is 6.79 Å². The molecule has 95 heavy (non-hydrogen) atoms. The van der Waals surface area contributed by atoms with Crippen LogP contribution in [0.3, 0.4) is 0 Å². The minimum Gasteiger partial charge on any atom is -0.454 e. The lowest BCUT2D eigenvalue weighted by Gasteiger charge is -2.36. The van der Waals surface area contributed by atoms with E-state index < -0.39 is 10.8 Å². The minimum absolute atomic E-state index is 0.134. The molecule has 1 aliphatic heterocycles. The Bertz CT molecular complexity index is 5110.